The molecule has 1 aromatic heterocycles. The standard InChI is InChI=1S/C20H14F3N3/c1-12-6-8-13(9-7-12)18-10-15(16(11-24)19(25)26-18)14-4-2-3-5-17(14)20(21,22)23/h2-10H,1H3,(H2,25,26). The summed E-state index contributed by atoms with van der Waals surface area (Å²) in [5.74, 6) is -0.0995. The van der Waals surface area contributed by atoms with E-state index in [4.69, 9.17) is 5.73 Å². The van der Waals surface area contributed by atoms with E-state index < -0.39 is 11.7 Å². The summed E-state index contributed by atoms with van der Waals surface area (Å²) < 4.78 is 40.2. The molecular weight excluding hydrogens is 339 g/mol. The molecule has 3 nitrogen and oxygen atoms in total. The third-order valence-electron chi connectivity index (χ3n) is 4.03. The van der Waals surface area contributed by atoms with Gasteiger partial charge in [-0.05, 0) is 24.6 Å². The summed E-state index contributed by atoms with van der Waals surface area (Å²) in [7, 11) is 0. The van der Waals surface area contributed by atoms with E-state index in [9.17, 15) is 18.4 Å². The molecule has 0 aliphatic carbocycles. The highest BCUT2D eigenvalue weighted by Crippen LogP contribution is 2.40. The summed E-state index contributed by atoms with van der Waals surface area (Å²) in [6.07, 6.45) is -4.55. The minimum absolute atomic E-state index is 0.0717. The summed E-state index contributed by atoms with van der Waals surface area (Å²) in [5, 5.41) is 9.40. The van der Waals surface area contributed by atoms with Gasteiger partial charge in [0.25, 0.3) is 0 Å². The van der Waals surface area contributed by atoms with E-state index in [1.807, 2.05) is 37.3 Å². The van der Waals surface area contributed by atoms with Crippen LogP contribution in [-0.4, -0.2) is 4.98 Å². The molecule has 1 heterocycles. The van der Waals surface area contributed by atoms with Gasteiger partial charge in [0, 0.05) is 11.1 Å². The number of rotatable bonds is 2. The molecule has 0 spiro atoms. The molecule has 0 unspecified atom stereocenters. The highest BCUT2D eigenvalue weighted by molar-refractivity contribution is 5.82. The molecule has 0 aliphatic heterocycles. The van der Waals surface area contributed by atoms with E-state index in [0.717, 1.165) is 11.6 Å². The lowest BCUT2D eigenvalue weighted by atomic mass is 9.94. The van der Waals surface area contributed by atoms with Crippen LogP contribution in [0.3, 0.4) is 0 Å². The van der Waals surface area contributed by atoms with E-state index in [0.29, 0.717) is 11.3 Å². The van der Waals surface area contributed by atoms with Crippen molar-refractivity contribution in [3.05, 3.63) is 71.3 Å². The Labute approximate surface area is 148 Å². The normalized spacial score (nSPS) is 11.2. The third kappa shape index (κ3) is 3.24. The van der Waals surface area contributed by atoms with Crippen molar-refractivity contribution in [2.75, 3.05) is 5.73 Å². The van der Waals surface area contributed by atoms with Gasteiger partial charge < -0.3 is 5.73 Å². The molecule has 0 radical (unpaired) electrons. The Hall–Kier alpha value is -3.33. The van der Waals surface area contributed by atoms with E-state index in [-0.39, 0.29) is 22.5 Å². The average Bonchev–Trinajstić information content (AvgIpc) is 2.61. The smallest absolute Gasteiger partial charge is 0.383 e. The Morgan fingerprint density at radius 2 is 1.65 bits per heavy atom. The van der Waals surface area contributed by atoms with Gasteiger partial charge >= 0.3 is 6.18 Å². The fourth-order valence-corrected chi connectivity index (χ4v) is 2.73. The molecule has 3 aromatic rings. The number of benzene rings is 2. The molecule has 6 heteroatoms. The molecule has 2 aromatic carbocycles. The number of pyridine rings is 1. The maximum absolute atomic E-state index is 13.4. The van der Waals surface area contributed by atoms with Gasteiger partial charge in [0.2, 0.25) is 0 Å². The first-order valence-electron chi connectivity index (χ1n) is 7.75. The number of halogens is 3. The molecule has 0 atom stereocenters. The lowest BCUT2D eigenvalue weighted by Crippen LogP contribution is -2.08. The van der Waals surface area contributed by atoms with Crippen molar-refractivity contribution in [1.82, 2.24) is 4.98 Å². The maximum Gasteiger partial charge on any atom is 0.417 e. The average molecular weight is 353 g/mol. The summed E-state index contributed by atoms with van der Waals surface area (Å²) >= 11 is 0. The number of aryl methyl sites for hydroxylation is 1. The SMILES string of the molecule is Cc1ccc(-c2cc(-c3ccccc3C(F)(F)F)c(C#N)c(N)n2)cc1. The van der Waals surface area contributed by atoms with Crippen molar-refractivity contribution in [1.29, 1.82) is 5.26 Å². The Kier molecular flexibility index (Phi) is 4.39. The predicted octanol–water partition coefficient (Wildman–Crippen LogP) is 5.20. The summed E-state index contributed by atoms with van der Waals surface area (Å²) in [4.78, 5) is 4.20. The molecule has 26 heavy (non-hydrogen) atoms. The van der Waals surface area contributed by atoms with Crippen LogP contribution >= 0.6 is 0 Å². The van der Waals surface area contributed by atoms with Crippen molar-refractivity contribution in [3.8, 4) is 28.5 Å². The second-order valence-electron chi connectivity index (χ2n) is 5.84. The summed E-state index contributed by atoms with van der Waals surface area (Å²) in [5.41, 5.74) is 7.16. The highest BCUT2D eigenvalue weighted by Gasteiger charge is 2.34. The number of alkyl halides is 3. The van der Waals surface area contributed by atoms with Crippen molar-refractivity contribution >= 4 is 5.82 Å². The predicted molar refractivity (Wildman–Crippen MR) is 94.0 cm³/mol. The zero-order valence-electron chi connectivity index (χ0n) is 13.8. The van der Waals surface area contributed by atoms with Crippen LogP contribution in [-0.2, 0) is 6.18 Å². The molecule has 0 aliphatic rings. The largest absolute Gasteiger partial charge is 0.417 e. The third-order valence-corrected chi connectivity index (χ3v) is 4.03. The number of nitriles is 1. The Morgan fingerprint density at radius 3 is 2.27 bits per heavy atom. The summed E-state index contributed by atoms with van der Waals surface area (Å²) in [6, 6.07) is 15.8. The molecule has 0 amide bonds. The van der Waals surface area contributed by atoms with Gasteiger partial charge in [-0.1, -0.05) is 48.0 Å². The van der Waals surface area contributed by atoms with Gasteiger partial charge in [-0.3, -0.25) is 0 Å². The fraction of sp³-hybridized carbons (Fsp3) is 0.100. The van der Waals surface area contributed by atoms with Crippen LogP contribution in [0.4, 0.5) is 19.0 Å². The van der Waals surface area contributed by atoms with Crippen molar-refractivity contribution in [2.45, 2.75) is 13.1 Å². The van der Waals surface area contributed by atoms with Gasteiger partial charge in [-0.2, -0.15) is 18.4 Å². The van der Waals surface area contributed by atoms with E-state index in [1.54, 1.807) is 0 Å². The van der Waals surface area contributed by atoms with Crippen LogP contribution in [0.1, 0.15) is 16.7 Å². The monoisotopic (exact) mass is 353 g/mol. The Morgan fingerprint density at radius 1 is 1.00 bits per heavy atom. The van der Waals surface area contributed by atoms with E-state index in [1.165, 1.54) is 24.3 Å². The topological polar surface area (TPSA) is 62.7 Å². The van der Waals surface area contributed by atoms with Crippen molar-refractivity contribution in [3.63, 3.8) is 0 Å². The van der Waals surface area contributed by atoms with Gasteiger partial charge in [-0.25, -0.2) is 4.98 Å². The lowest BCUT2D eigenvalue weighted by molar-refractivity contribution is -0.137. The number of hydrogen-bond donors (Lipinski definition) is 1. The first kappa shape index (κ1) is 17.5. The van der Waals surface area contributed by atoms with Crippen LogP contribution in [0.2, 0.25) is 0 Å². The minimum atomic E-state index is -4.55. The first-order valence-corrected chi connectivity index (χ1v) is 7.75. The first-order chi connectivity index (χ1) is 12.3. The molecule has 3 rings (SSSR count). The second-order valence-corrected chi connectivity index (χ2v) is 5.84. The van der Waals surface area contributed by atoms with Crippen LogP contribution in [0.5, 0.6) is 0 Å². The number of nitrogens with two attached hydrogens (primary N) is 1. The molecule has 0 fully saturated rings. The molecule has 130 valence electrons. The number of anilines is 1. The molecule has 0 saturated heterocycles. The quantitative estimate of drug-likeness (QED) is 0.689. The van der Waals surface area contributed by atoms with Gasteiger partial charge in [0.05, 0.1) is 11.3 Å². The molecule has 0 saturated carbocycles. The zero-order chi connectivity index (χ0) is 18.9. The van der Waals surface area contributed by atoms with Crippen LogP contribution < -0.4 is 5.73 Å². The highest BCUT2D eigenvalue weighted by atomic mass is 19.4. The van der Waals surface area contributed by atoms with Crippen molar-refractivity contribution < 1.29 is 13.2 Å². The number of nitrogens with zero attached hydrogens (tertiary/aromatic N) is 2. The maximum atomic E-state index is 13.4. The second kappa shape index (κ2) is 6.52. The number of hydrogen-bond acceptors (Lipinski definition) is 3. The van der Waals surface area contributed by atoms with Gasteiger partial charge in [-0.15, -0.1) is 0 Å². The van der Waals surface area contributed by atoms with Crippen molar-refractivity contribution in [2.24, 2.45) is 0 Å². The Balaban J connectivity index is 2.28. The van der Waals surface area contributed by atoms with Crippen LogP contribution in [0, 0.1) is 18.3 Å². The zero-order valence-corrected chi connectivity index (χ0v) is 13.8. The summed E-state index contributed by atoms with van der Waals surface area (Å²) in [6.45, 7) is 1.93. The molecular formula is C20H14F3N3. The fourth-order valence-electron chi connectivity index (χ4n) is 2.73. The number of nitrogen functional groups attached to an aromatic ring is 1. The Bertz CT molecular complexity index is 1000. The lowest BCUT2D eigenvalue weighted by Gasteiger charge is -2.15. The molecule has 2 N–H and O–H groups in total. The minimum Gasteiger partial charge on any atom is -0.383 e. The van der Waals surface area contributed by atoms with Gasteiger partial charge in [0.1, 0.15) is 17.5 Å². The van der Waals surface area contributed by atoms with E-state index in [2.05, 4.69) is 4.98 Å². The van der Waals surface area contributed by atoms with Gasteiger partial charge in [0.15, 0.2) is 0 Å². The van der Waals surface area contributed by atoms with Crippen LogP contribution in [0.25, 0.3) is 22.4 Å². The number of aromatic nitrogens is 1. The van der Waals surface area contributed by atoms with E-state index >= 15 is 0 Å². The molecule has 0 bridgehead atoms. The van der Waals surface area contributed by atoms with Crippen LogP contribution in [0.15, 0.2) is 54.6 Å².